The maximum Gasteiger partial charge on any atom is 0.342 e. The molecule has 0 radical (unpaired) electrons. The van der Waals surface area contributed by atoms with Gasteiger partial charge in [0, 0.05) is 56.4 Å². The van der Waals surface area contributed by atoms with Crippen LogP contribution >= 0.6 is 46.6 Å². The third-order valence-electron chi connectivity index (χ3n) is 6.01. The average Bonchev–Trinajstić information content (AvgIpc) is 3.47. The van der Waals surface area contributed by atoms with Crippen LogP contribution in [0.25, 0.3) is 28.4 Å². The Labute approximate surface area is 238 Å². The second kappa shape index (κ2) is 11.3. The molecule has 0 aliphatic heterocycles. The highest BCUT2D eigenvalue weighted by Crippen LogP contribution is 2.33. The highest BCUT2D eigenvalue weighted by atomic mass is 35.5. The summed E-state index contributed by atoms with van der Waals surface area (Å²) in [6.07, 6.45) is 3.61. The quantitative estimate of drug-likeness (QED) is 0.147. The third-order valence-corrected chi connectivity index (χ3v) is 7.85. The Bertz CT molecular complexity index is 1680. The van der Waals surface area contributed by atoms with Gasteiger partial charge in [-0.3, -0.25) is 0 Å². The Morgan fingerprint density at radius 2 is 1.74 bits per heavy atom. The number of nitrogens with zero attached hydrogens (tertiary/aromatic N) is 4. The number of para-hydroxylation sites is 1. The zero-order chi connectivity index (χ0) is 26.8. The molecule has 192 valence electrons. The van der Waals surface area contributed by atoms with Crippen LogP contribution in [-0.4, -0.2) is 30.4 Å². The first-order valence-corrected chi connectivity index (χ1v) is 13.6. The molecule has 0 saturated carbocycles. The minimum atomic E-state index is -1.05. The molecule has 38 heavy (non-hydrogen) atoms. The van der Waals surface area contributed by atoms with Gasteiger partial charge >= 0.3 is 5.97 Å². The number of carbonyl (C=O) groups is 1. The van der Waals surface area contributed by atoms with Crippen molar-refractivity contribution in [2.24, 2.45) is 0 Å². The summed E-state index contributed by atoms with van der Waals surface area (Å²) >= 11 is 19.6. The van der Waals surface area contributed by atoms with Crippen molar-refractivity contribution in [3.05, 3.63) is 104 Å². The molecular formula is C28H21Cl3N4O2S. The first-order valence-electron chi connectivity index (χ1n) is 11.7. The smallest absolute Gasteiger partial charge is 0.342 e. The van der Waals surface area contributed by atoms with E-state index in [2.05, 4.69) is 10.2 Å². The van der Waals surface area contributed by atoms with Gasteiger partial charge in [-0.2, -0.15) is 0 Å². The average molecular weight is 584 g/mol. The van der Waals surface area contributed by atoms with Gasteiger partial charge in [-0.15, -0.1) is 10.2 Å². The molecule has 0 amide bonds. The number of carboxylic acid groups (broad SMARTS) is 1. The van der Waals surface area contributed by atoms with Gasteiger partial charge in [0.2, 0.25) is 0 Å². The van der Waals surface area contributed by atoms with E-state index in [1.54, 1.807) is 30.3 Å². The lowest BCUT2D eigenvalue weighted by Crippen LogP contribution is -2.02. The standard InChI is InChI=1S/C28H21Cl3N4O2S/c1-2-35-26(17-7-10-20(29)11-8-17)32-33-28(35)38-25(27(36)37)13-19-16-34(24-6-4-3-5-22(19)24)15-18-9-12-21(30)14-23(18)31/h3-14,16H,2,15H2,1H3,(H,36,37)/b25-13-. The molecule has 0 saturated heterocycles. The summed E-state index contributed by atoms with van der Waals surface area (Å²) in [6, 6.07) is 20.6. The molecule has 10 heteroatoms. The summed E-state index contributed by atoms with van der Waals surface area (Å²) in [6.45, 7) is 3.04. The molecule has 0 spiro atoms. The molecule has 5 aromatic rings. The zero-order valence-electron chi connectivity index (χ0n) is 20.1. The molecular weight excluding hydrogens is 563 g/mol. The van der Waals surface area contributed by atoms with Gasteiger partial charge in [0.15, 0.2) is 11.0 Å². The number of aliphatic carboxylic acids is 1. The largest absolute Gasteiger partial charge is 0.477 e. The lowest BCUT2D eigenvalue weighted by Gasteiger charge is -2.08. The number of rotatable bonds is 8. The van der Waals surface area contributed by atoms with Crippen molar-refractivity contribution in [3.8, 4) is 11.4 Å². The minimum absolute atomic E-state index is 0.127. The van der Waals surface area contributed by atoms with Crippen molar-refractivity contribution in [2.45, 2.75) is 25.2 Å². The Morgan fingerprint density at radius 1 is 1.00 bits per heavy atom. The zero-order valence-corrected chi connectivity index (χ0v) is 23.2. The summed E-state index contributed by atoms with van der Waals surface area (Å²) in [5, 5.41) is 21.9. The van der Waals surface area contributed by atoms with Crippen molar-refractivity contribution in [3.63, 3.8) is 0 Å². The van der Waals surface area contributed by atoms with Gasteiger partial charge < -0.3 is 14.2 Å². The highest BCUT2D eigenvalue weighted by molar-refractivity contribution is 8.04. The van der Waals surface area contributed by atoms with Crippen LogP contribution in [0, 0.1) is 0 Å². The Kier molecular flexibility index (Phi) is 7.81. The molecule has 0 bridgehead atoms. The van der Waals surface area contributed by atoms with Crippen molar-refractivity contribution >= 4 is 69.5 Å². The van der Waals surface area contributed by atoms with Crippen molar-refractivity contribution < 1.29 is 9.90 Å². The predicted octanol–water partition coefficient (Wildman–Crippen LogP) is 8.15. The van der Waals surface area contributed by atoms with E-state index in [9.17, 15) is 9.90 Å². The van der Waals surface area contributed by atoms with Crippen LogP contribution in [0.2, 0.25) is 15.1 Å². The fourth-order valence-corrected chi connectivity index (χ4v) is 5.66. The summed E-state index contributed by atoms with van der Waals surface area (Å²) < 4.78 is 3.93. The van der Waals surface area contributed by atoms with Gasteiger partial charge in [0.1, 0.15) is 4.91 Å². The molecule has 3 aromatic carbocycles. The molecule has 0 fully saturated rings. The molecule has 0 atom stereocenters. The number of aromatic nitrogens is 4. The number of hydrogen-bond donors (Lipinski definition) is 1. The predicted molar refractivity (Wildman–Crippen MR) is 155 cm³/mol. The maximum atomic E-state index is 12.3. The summed E-state index contributed by atoms with van der Waals surface area (Å²) in [7, 11) is 0. The van der Waals surface area contributed by atoms with Gasteiger partial charge in [-0.1, -0.05) is 59.1 Å². The number of halogens is 3. The van der Waals surface area contributed by atoms with E-state index < -0.39 is 5.97 Å². The minimum Gasteiger partial charge on any atom is -0.477 e. The number of hydrogen-bond acceptors (Lipinski definition) is 4. The Hall–Kier alpha value is -3.23. The van der Waals surface area contributed by atoms with Crippen molar-refractivity contribution in [2.75, 3.05) is 0 Å². The molecule has 2 heterocycles. The second-order valence-corrected chi connectivity index (χ2v) is 10.7. The third kappa shape index (κ3) is 5.47. The Balaban J connectivity index is 1.52. The molecule has 2 aromatic heterocycles. The van der Waals surface area contributed by atoms with E-state index in [4.69, 9.17) is 34.8 Å². The van der Waals surface area contributed by atoms with Gasteiger partial charge in [0.05, 0.1) is 0 Å². The molecule has 0 aliphatic carbocycles. The van der Waals surface area contributed by atoms with Crippen LogP contribution in [0.15, 0.2) is 83.0 Å². The fraction of sp³-hybridized carbons (Fsp3) is 0.107. The first-order chi connectivity index (χ1) is 18.3. The molecule has 0 aliphatic rings. The lowest BCUT2D eigenvalue weighted by molar-refractivity contribution is -0.131. The van der Waals surface area contributed by atoms with E-state index in [-0.39, 0.29) is 4.91 Å². The number of benzene rings is 3. The van der Waals surface area contributed by atoms with Crippen LogP contribution < -0.4 is 0 Å². The van der Waals surface area contributed by atoms with Crippen molar-refractivity contribution in [1.29, 1.82) is 0 Å². The normalized spacial score (nSPS) is 11.8. The van der Waals surface area contributed by atoms with E-state index >= 15 is 0 Å². The second-order valence-electron chi connectivity index (χ2n) is 8.44. The summed E-state index contributed by atoms with van der Waals surface area (Å²) in [4.78, 5) is 12.5. The van der Waals surface area contributed by atoms with Crippen LogP contribution in [0.3, 0.4) is 0 Å². The molecule has 5 rings (SSSR count). The summed E-state index contributed by atoms with van der Waals surface area (Å²) in [5.74, 6) is -0.404. The van der Waals surface area contributed by atoms with Crippen LogP contribution in [0.1, 0.15) is 18.1 Å². The van der Waals surface area contributed by atoms with Crippen molar-refractivity contribution in [1.82, 2.24) is 19.3 Å². The van der Waals surface area contributed by atoms with Crippen LogP contribution in [0.4, 0.5) is 0 Å². The van der Waals surface area contributed by atoms with E-state index in [0.717, 1.165) is 39.4 Å². The van der Waals surface area contributed by atoms with E-state index in [0.29, 0.717) is 39.1 Å². The monoisotopic (exact) mass is 582 g/mol. The van der Waals surface area contributed by atoms with Crippen LogP contribution in [0.5, 0.6) is 0 Å². The topological polar surface area (TPSA) is 72.9 Å². The SMILES string of the molecule is CCn1c(S/C(=C\c2cn(Cc3ccc(Cl)cc3Cl)c3ccccc23)C(=O)O)nnc1-c1ccc(Cl)cc1. The fourth-order valence-electron chi connectivity index (χ4n) is 4.19. The Morgan fingerprint density at radius 3 is 2.45 bits per heavy atom. The number of carboxylic acids is 1. The van der Waals surface area contributed by atoms with Gasteiger partial charge in [-0.05, 0) is 72.8 Å². The van der Waals surface area contributed by atoms with Gasteiger partial charge in [-0.25, -0.2) is 4.79 Å². The number of thioether (sulfide) groups is 1. The van der Waals surface area contributed by atoms with Crippen LogP contribution in [-0.2, 0) is 17.9 Å². The molecule has 1 N–H and O–H groups in total. The van der Waals surface area contributed by atoms with E-state index in [1.807, 2.05) is 64.7 Å². The number of fused-ring (bicyclic) bond motifs is 1. The maximum absolute atomic E-state index is 12.3. The summed E-state index contributed by atoms with van der Waals surface area (Å²) in [5.41, 5.74) is 3.49. The van der Waals surface area contributed by atoms with E-state index in [1.165, 1.54) is 0 Å². The first kappa shape index (κ1) is 26.4. The highest BCUT2D eigenvalue weighted by Gasteiger charge is 2.19. The molecule has 6 nitrogen and oxygen atoms in total. The molecule has 0 unspecified atom stereocenters. The van der Waals surface area contributed by atoms with Gasteiger partial charge in [0.25, 0.3) is 0 Å². The lowest BCUT2D eigenvalue weighted by atomic mass is 10.1.